The van der Waals surface area contributed by atoms with Crippen LogP contribution in [0, 0.1) is 0 Å². The summed E-state index contributed by atoms with van der Waals surface area (Å²) in [6, 6.07) is 8.33. The van der Waals surface area contributed by atoms with Crippen molar-refractivity contribution < 1.29 is 0 Å². The van der Waals surface area contributed by atoms with Gasteiger partial charge in [0.05, 0.1) is 6.21 Å². The second kappa shape index (κ2) is 7.75. The van der Waals surface area contributed by atoms with Crippen molar-refractivity contribution in [1.29, 1.82) is 0 Å². The Kier molecular flexibility index (Phi) is 5.71. The van der Waals surface area contributed by atoms with E-state index in [1.807, 2.05) is 12.1 Å². The molecule has 1 aliphatic rings. The third-order valence-corrected chi connectivity index (χ3v) is 3.58. The molecule has 4 N–H and O–H groups in total. The summed E-state index contributed by atoms with van der Waals surface area (Å²) in [4.78, 5) is 4.90. The number of guanidine groups is 1. The molecule has 0 unspecified atom stereocenters. The quantitative estimate of drug-likeness (QED) is 0.478. The van der Waals surface area contributed by atoms with E-state index in [0.717, 1.165) is 31.7 Å². The molecule has 2 rings (SSSR count). The highest BCUT2D eigenvalue weighted by molar-refractivity contribution is 5.81. The zero-order chi connectivity index (χ0) is 15.1. The molecule has 0 amide bonds. The van der Waals surface area contributed by atoms with Crippen LogP contribution in [0.2, 0.25) is 0 Å². The molecule has 0 aromatic heterocycles. The van der Waals surface area contributed by atoms with Crippen molar-refractivity contribution in [3.05, 3.63) is 35.4 Å². The first kappa shape index (κ1) is 15.5. The molecule has 0 bridgehead atoms. The van der Waals surface area contributed by atoms with Gasteiger partial charge < -0.3 is 16.4 Å². The number of likely N-dealkylation sites (N-methyl/N-ethyl adjacent to an activating group) is 1. The monoisotopic (exact) mass is 288 g/mol. The van der Waals surface area contributed by atoms with Gasteiger partial charge in [0.2, 0.25) is 5.96 Å². The summed E-state index contributed by atoms with van der Waals surface area (Å²) in [6.45, 7) is 5.63. The third kappa shape index (κ3) is 5.53. The predicted molar refractivity (Wildman–Crippen MR) is 87.2 cm³/mol. The molecule has 1 aliphatic heterocycles. The lowest BCUT2D eigenvalue weighted by Crippen LogP contribution is -2.28. The molecule has 1 aromatic carbocycles. The Morgan fingerprint density at radius 2 is 1.90 bits per heavy atom. The summed E-state index contributed by atoms with van der Waals surface area (Å²) in [7, 11) is 2.19. The van der Waals surface area contributed by atoms with E-state index in [-0.39, 0.29) is 5.96 Å². The van der Waals surface area contributed by atoms with Gasteiger partial charge in [-0.1, -0.05) is 24.3 Å². The number of hydrogen-bond acceptors (Lipinski definition) is 4. The van der Waals surface area contributed by atoms with Crippen LogP contribution >= 0.6 is 0 Å². The Balaban J connectivity index is 1.90. The van der Waals surface area contributed by atoms with Gasteiger partial charge >= 0.3 is 0 Å². The van der Waals surface area contributed by atoms with Crippen molar-refractivity contribution in [2.45, 2.75) is 13.0 Å². The van der Waals surface area contributed by atoms with Gasteiger partial charge in [0, 0.05) is 19.6 Å². The number of benzene rings is 1. The van der Waals surface area contributed by atoms with Crippen molar-refractivity contribution in [3.8, 4) is 0 Å². The largest absolute Gasteiger partial charge is 0.369 e. The smallest absolute Gasteiger partial charge is 0.211 e. The number of nitrogens with zero attached hydrogens (tertiary/aromatic N) is 4. The zero-order valence-electron chi connectivity index (χ0n) is 12.6. The number of hydrogen-bond donors (Lipinski definition) is 2. The van der Waals surface area contributed by atoms with Gasteiger partial charge in [-0.3, -0.25) is 4.90 Å². The van der Waals surface area contributed by atoms with Gasteiger partial charge in [-0.15, -0.1) is 5.10 Å². The lowest BCUT2D eigenvalue weighted by Gasteiger charge is -2.20. The number of nitrogens with two attached hydrogens (primary N) is 2. The molecule has 1 heterocycles. The van der Waals surface area contributed by atoms with Crippen molar-refractivity contribution in [2.24, 2.45) is 21.7 Å². The van der Waals surface area contributed by atoms with E-state index < -0.39 is 0 Å². The predicted octanol–water partition coefficient (Wildman–Crippen LogP) is 0.431. The van der Waals surface area contributed by atoms with Crippen molar-refractivity contribution in [3.63, 3.8) is 0 Å². The van der Waals surface area contributed by atoms with Gasteiger partial charge in [-0.05, 0) is 37.7 Å². The van der Waals surface area contributed by atoms with Gasteiger partial charge in [0.1, 0.15) is 0 Å². The van der Waals surface area contributed by atoms with Crippen molar-refractivity contribution in [1.82, 2.24) is 9.80 Å². The summed E-state index contributed by atoms with van der Waals surface area (Å²) in [5, 5.41) is 7.39. The average Bonchev–Trinajstić information content (AvgIpc) is 2.65. The van der Waals surface area contributed by atoms with E-state index in [2.05, 4.69) is 39.2 Å². The zero-order valence-corrected chi connectivity index (χ0v) is 12.6. The molecule has 1 fully saturated rings. The fourth-order valence-electron chi connectivity index (χ4n) is 2.39. The van der Waals surface area contributed by atoms with E-state index >= 15 is 0 Å². The highest BCUT2D eigenvalue weighted by Gasteiger charge is 2.11. The minimum atomic E-state index is -0.0333. The molecule has 0 spiro atoms. The standard InChI is InChI=1S/C15H24N6/c1-20-7-2-8-21(10-9-20)12-14-5-3-13(4-6-14)11-18-19-15(16)17/h3-6,11H,2,7-10,12H2,1H3,(H4,16,17,19). The van der Waals surface area contributed by atoms with E-state index in [1.165, 1.54) is 18.5 Å². The Bertz CT molecular complexity index is 489. The van der Waals surface area contributed by atoms with Crippen LogP contribution in [0.15, 0.2) is 34.5 Å². The highest BCUT2D eigenvalue weighted by atomic mass is 15.3. The van der Waals surface area contributed by atoms with Gasteiger partial charge in [0.15, 0.2) is 0 Å². The normalized spacial score (nSPS) is 17.8. The lowest BCUT2D eigenvalue weighted by molar-refractivity contribution is 0.269. The maximum Gasteiger partial charge on any atom is 0.211 e. The Morgan fingerprint density at radius 3 is 2.62 bits per heavy atom. The molecule has 21 heavy (non-hydrogen) atoms. The Hall–Kier alpha value is -1.92. The molecule has 0 aliphatic carbocycles. The highest BCUT2D eigenvalue weighted by Crippen LogP contribution is 2.09. The van der Waals surface area contributed by atoms with Crippen LogP contribution in [0.4, 0.5) is 0 Å². The van der Waals surface area contributed by atoms with Crippen LogP contribution < -0.4 is 11.5 Å². The van der Waals surface area contributed by atoms with Crippen LogP contribution in [-0.4, -0.2) is 55.2 Å². The number of rotatable bonds is 4. The Morgan fingerprint density at radius 1 is 1.14 bits per heavy atom. The summed E-state index contributed by atoms with van der Waals surface area (Å²) in [5.74, 6) is -0.0333. The van der Waals surface area contributed by atoms with Gasteiger partial charge in [-0.2, -0.15) is 5.10 Å². The minimum absolute atomic E-state index is 0.0333. The van der Waals surface area contributed by atoms with Crippen LogP contribution in [0.5, 0.6) is 0 Å². The first-order valence-corrected chi connectivity index (χ1v) is 7.25. The second-order valence-electron chi connectivity index (χ2n) is 5.44. The molecule has 114 valence electrons. The maximum atomic E-state index is 5.21. The fourth-order valence-corrected chi connectivity index (χ4v) is 2.39. The van der Waals surface area contributed by atoms with Crippen LogP contribution in [0.25, 0.3) is 0 Å². The minimum Gasteiger partial charge on any atom is -0.369 e. The molecule has 6 heteroatoms. The average molecular weight is 288 g/mol. The first-order valence-electron chi connectivity index (χ1n) is 7.25. The molecule has 1 aromatic rings. The van der Waals surface area contributed by atoms with Gasteiger partial charge in [-0.25, -0.2) is 0 Å². The SMILES string of the molecule is CN1CCCN(Cc2ccc(C=NN=C(N)N)cc2)CC1. The maximum absolute atomic E-state index is 5.21. The van der Waals surface area contributed by atoms with E-state index in [4.69, 9.17) is 11.5 Å². The molecule has 0 atom stereocenters. The molecular formula is C15H24N6. The molecule has 6 nitrogen and oxygen atoms in total. The van der Waals surface area contributed by atoms with E-state index in [1.54, 1.807) is 6.21 Å². The first-order chi connectivity index (χ1) is 10.1. The summed E-state index contributed by atoms with van der Waals surface area (Å²) < 4.78 is 0. The summed E-state index contributed by atoms with van der Waals surface area (Å²) >= 11 is 0. The summed E-state index contributed by atoms with van der Waals surface area (Å²) in [6.07, 6.45) is 2.88. The molecule has 0 radical (unpaired) electrons. The fraction of sp³-hybridized carbons (Fsp3) is 0.467. The van der Waals surface area contributed by atoms with Crippen LogP contribution in [0.3, 0.4) is 0 Å². The Labute approximate surface area is 126 Å². The lowest BCUT2D eigenvalue weighted by atomic mass is 10.1. The van der Waals surface area contributed by atoms with Crippen LogP contribution in [0.1, 0.15) is 17.5 Å². The molecular weight excluding hydrogens is 264 g/mol. The van der Waals surface area contributed by atoms with E-state index in [9.17, 15) is 0 Å². The van der Waals surface area contributed by atoms with Gasteiger partial charge in [0.25, 0.3) is 0 Å². The molecule has 1 saturated heterocycles. The molecule has 0 saturated carbocycles. The van der Waals surface area contributed by atoms with Crippen molar-refractivity contribution in [2.75, 3.05) is 33.2 Å². The van der Waals surface area contributed by atoms with Crippen LogP contribution in [-0.2, 0) is 6.54 Å². The second-order valence-corrected chi connectivity index (χ2v) is 5.44. The van der Waals surface area contributed by atoms with Crippen molar-refractivity contribution >= 4 is 12.2 Å². The summed E-state index contributed by atoms with van der Waals surface area (Å²) in [5.41, 5.74) is 12.7. The van der Waals surface area contributed by atoms with E-state index in [0.29, 0.717) is 0 Å². The third-order valence-electron chi connectivity index (χ3n) is 3.58. The topological polar surface area (TPSA) is 83.2 Å².